The van der Waals surface area contributed by atoms with E-state index in [1.807, 2.05) is 23.1 Å². The van der Waals surface area contributed by atoms with Crippen LogP contribution in [0, 0.1) is 17.7 Å². The zero-order valence-electron chi connectivity index (χ0n) is 19.6. The summed E-state index contributed by atoms with van der Waals surface area (Å²) in [5, 5.41) is 0. The highest BCUT2D eigenvalue weighted by atomic mass is 19.1. The van der Waals surface area contributed by atoms with Gasteiger partial charge in [0.05, 0.1) is 12.3 Å². The maximum Gasteiger partial charge on any atom is 0.227 e. The summed E-state index contributed by atoms with van der Waals surface area (Å²) in [6.45, 7) is 3.88. The topological polar surface area (TPSA) is 56.8 Å². The third kappa shape index (κ3) is 4.93. The Labute approximate surface area is 200 Å². The molecule has 34 heavy (non-hydrogen) atoms. The molecular formula is C27H33FN4O2. The Hall–Kier alpha value is -2.96. The third-order valence-corrected chi connectivity index (χ3v) is 7.72. The number of rotatable bonds is 4. The van der Waals surface area contributed by atoms with Crippen LogP contribution in [0.3, 0.4) is 0 Å². The minimum Gasteiger partial charge on any atom is -0.356 e. The smallest absolute Gasteiger partial charge is 0.227 e. The quantitative estimate of drug-likeness (QED) is 0.695. The van der Waals surface area contributed by atoms with Crippen LogP contribution in [0.5, 0.6) is 0 Å². The number of halogens is 1. The maximum atomic E-state index is 13.6. The van der Waals surface area contributed by atoms with Crippen molar-refractivity contribution in [2.75, 3.05) is 37.6 Å². The van der Waals surface area contributed by atoms with Gasteiger partial charge in [-0.2, -0.15) is 0 Å². The molecule has 180 valence electrons. The average molecular weight is 465 g/mol. The fourth-order valence-electron chi connectivity index (χ4n) is 5.95. The van der Waals surface area contributed by atoms with Crippen LogP contribution < -0.4 is 4.90 Å². The van der Waals surface area contributed by atoms with Crippen molar-refractivity contribution < 1.29 is 14.0 Å². The van der Waals surface area contributed by atoms with Crippen molar-refractivity contribution in [2.24, 2.45) is 11.8 Å². The third-order valence-electron chi connectivity index (χ3n) is 7.72. The van der Waals surface area contributed by atoms with Crippen molar-refractivity contribution in [1.82, 2.24) is 14.8 Å². The number of carbonyl (C=O) groups is 2. The van der Waals surface area contributed by atoms with Gasteiger partial charge in [-0.15, -0.1) is 0 Å². The number of carbonyl (C=O) groups excluding carboxylic acids is 2. The van der Waals surface area contributed by atoms with E-state index in [0.29, 0.717) is 25.4 Å². The van der Waals surface area contributed by atoms with Gasteiger partial charge < -0.3 is 14.7 Å². The lowest BCUT2D eigenvalue weighted by Crippen LogP contribution is -2.58. The molecule has 3 fully saturated rings. The number of anilines is 1. The van der Waals surface area contributed by atoms with Crippen molar-refractivity contribution in [3.63, 3.8) is 0 Å². The van der Waals surface area contributed by atoms with Gasteiger partial charge in [-0.1, -0.05) is 18.2 Å². The Morgan fingerprint density at radius 1 is 0.941 bits per heavy atom. The van der Waals surface area contributed by atoms with E-state index >= 15 is 0 Å². The Balaban J connectivity index is 1.20. The van der Waals surface area contributed by atoms with Gasteiger partial charge in [0.15, 0.2) is 0 Å². The van der Waals surface area contributed by atoms with Crippen LogP contribution in [-0.2, 0) is 16.0 Å². The van der Waals surface area contributed by atoms with Crippen molar-refractivity contribution in [1.29, 1.82) is 0 Å². The number of likely N-dealkylation sites (tertiary alicyclic amines) is 2. The number of fused-ring (bicyclic) bond motifs is 1. The van der Waals surface area contributed by atoms with Crippen LogP contribution in [0.15, 0.2) is 48.7 Å². The fourth-order valence-corrected chi connectivity index (χ4v) is 5.95. The van der Waals surface area contributed by atoms with E-state index < -0.39 is 0 Å². The van der Waals surface area contributed by atoms with Gasteiger partial charge in [0, 0.05) is 45.0 Å². The van der Waals surface area contributed by atoms with Gasteiger partial charge in [-0.3, -0.25) is 9.59 Å². The van der Waals surface area contributed by atoms with E-state index in [0.717, 1.165) is 63.1 Å². The predicted molar refractivity (Wildman–Crippen MR) is 129 cm³/mol. The van der Waals surface area contributed by atoms with Gasteiger partial charge in [-0.05, 0) is 67.9 Å². The van der Waals surface area contributed by atoms with Crippen LogP contribution in [0.4, 0.5) is 10.2 Å². The van der Waals surface area contributed by atoms with Gasteiger partial charge in [0.2, 0.25) is 11.8 Å². The average Bonchev–Trinajstić information content (AvgIpc) is 2.89. The van der Waals surface area contributed by atoms with Crippen LogP contribution in [-0.4, -0.2) is 65.4 Å². The molecule has 3 atom stereocenters. The molecule has 3 aliphatic heterocycles. The normalized spacial score (nSPS) is 25.1. The summed E-state index contributed by atoms with van der Waals surface area (Å²) < 4.78 is 13.2. The summed E-state index contributed by atoms with van der Waals surface area (Å²) in [7, 11) is 0. The number of amides is 2. The van der Waals surface area contributed by atoms with Crippen molar-refractivity contribution in [3.05, 3.63) is 60.0 Å². The second-order valence-corrected chi connectivity index (χ2v) is 9.91. The monoisotopic (exact) mass is 464 g/mol. The predicted octanol–water partition coefficient (Wildman–Crippen LogP) is 3.52. The van der Waals surface area contributed by atoms with E-state index in [-0.39, 0.29) is 29.6 Å². The molecule has 0 aliphatic carbocycles. The second-order valence-electron chi connectivity index (χ2n) is 9.91. The molecule has 0 saturated carbocycles. The van der Waals surface area contributed by atoms with E-state index in [9.17, 15) is 14.0 Å². The van der Waals surface area contributed by atoms with E-state index in [2.05, 4.69) is 14.8 Å². The van der Waals surface area contributed by atoms with Crippen molar-refractivity contribution >= 4 is 17.6 Å². The minimum atomic E-state index is -0.287. The molecule has 0 spiro atoms. The molecule has 0 bridgehead atoms. The van der Waals surface area contributed by atoms with Crippen LogP contribution in [0.25, 0.3) is 0 Å². The molecule has 3 aliphatic rings. The lowest BCUT2D eigenvalue weighted by atomic mass is 9.82. The SMILES string of the molecule is O=C(Cc1ccc(F)cc1)N1CC[C@@H]2[C@H](CCCN2C(=O)C2CCCN(c3ccccn3)C2)C1. The molecule has 7 heteroatoms. The van der Waals surface area contributed by atoms with Gasteiger partial charge >= 0.3 is 0 Å². The number of piperidine rings is 3. The molecule has 2 amide bonds. The van der Waals surface area contributed by atoms with Gasteiger partial charge in [0.25, 0.3) is 0 Å². The first-order valence-electron chi connectivity index (χ1n) is 12.6. The molecule has 1 unspecified atom stereocenters. The summed E-state index contributed by atoms with van der Waals surface area (Å²) >= 11 is 0. The Kier molecular flexibility index (Phi) is 6.79. The fraction of sp³-hybridized carbons (Fsp3) is 0.519. The zero-order valence-corrected chi connectivity index (χ0v) is 19.6. The summed E-state index contributed by atoms with van der Waals surface area (Å²) in [5.74, 6) is 1.37. The molecule has 2 aromatic rings. The van der Waals surface area contributed by atoms with Gasteiger partial charge in [0.1, 0.15) is 11.6 Å². The Bertz CT molecular complexity index is 999. The molecule has 1 aromatic heterocycles. The Morgan fingerprint density at radius 3 is 2.56 bits per heavy atom. The van der Waals surface area contributed by atoms with Crippen molar-refractivity contribution in [2.45, 2.75) is 44.6 Å². The van der Waals surface area contributed by atoms with E-state index in [4.69, 9.17) is 0 Å². The lowest BCUT2D eigenvalue weighted by molar-refractivity contribution is -0.145. The summed E-state index contributed by atoms with van der Waals surface area (Å²) in [4.78, 5) is 37.3. The maximum absolute atomic E-state index is 13.6. The molecule has 0 N–H and O–H groups in total. The van der Waals surface area contributed by atoms with Gasteiger partial charge in [-0.25, -0.2) is 9.37 Å². The Morgan fingerprint density at radius 2 is 1.76 bits per heavy atom. The summed E-state index contributed by atoms with van der Waals surface area (Å²) in [6.07, 6.45) is 6.91. The largest absolute Gasteiger partial charge is 0.356 e. The summed E-state index contributed by atoms with van der Waals surface area (Å²) in [6, 6.07) is 12.3. The molecule has 0 radical (unpaired) electrons. The summed E-state index contributed by atoms with van der Waals surface area (Å²) in [5.41, 5.74) is 0.837. The van der Waals surface area contributed by atoms with Crippen LogP contribution >= 0.6 is 0 Å². The van der Waals surface area contributed by atoms with E-state index in [1.54, 1.807) is 18.3 Å². The number of nitrogens with zero attached hydrogens (tertiary/aromatic N) is 4. The first-order valence-corrected chi connectivity index (χ1v) is 12.6. The molecule has 6 nitrogen and oxygen atoms in total. The highest BCUT2D eigenvalue weighted by molar-refractivity contribution is 5.81. The molecular weight excluding hydrogens is 431 g/mol. The zero-order chi connectivity index (χ0) is 23.5. The number of aromatic nitrogens is 1. The highest BCUT2D eigenvalue weighted by Crippen LogP contribution is 2.33. The van der Waals surface area contributed by atoms with E-state index in [1.165, 1.54) is 12.1 Å². The highest BCUT2D eigenvalue weighted by Gasteiger charge is 2.41. The molecule has 3 saturated heterocycles. The van der Waals surface area contributed by atoms with Crippen LogP contribution in [0.1, 0.15) is 37.7 Å². The molecule has 4 heterocycles. The molecule has 5 rings (SSSR count). The standard InChI is InChI=1S/C27H33FN4O2/c28-23-10-8-20(9-11-23)17-26(33)31-16-12-24-21(18-31)5-4-15-32(24)27(34)22-6-3-14-30(19-22)25-7-1-2-13-29-25/h1-2,7-11,13,21-22,24H,3-6,12,14-19H2/t21-,22?,24-/m1/s1. The number of pyridine rings is 1. The van der Waals surface area contributed by atoms with Crippen molar-refractivity contribution in [3.8, 4) is 0 Å². The first-order chi connectivity index (χ1) is 16.6. The minimum absolute atomic E-state index is 0.00708. The first kappa shape index (κ1) is 22.8. The number of hydrogen-bond acceptors (Lipinski definition) is 4. The second kappa shape index (κ2) is 10.1. The molecule has 1 aromatic carbocycles. The van der Waals surface area contributed by atoms with Crippen LogP contribution in [0.2, 0.25) is 0 Å². The lowest BCUT2D eigenvalue weighted by Gasteiger charge is -2.48. The number of benzene rings is 1. The number of hydrogen-bond donors (Lipinski definition) is 0.